The van der Waals surface area contributed by atoms with Crippen LogP contribution >= 0.6 is 23.1 Å². The van der Waals surface area contributed by atoms with E-state index < -0.39 is 0 Å². The van der Waals surface area contributed by atoms with Crippen molar-refractivity contribution in [3.05, 3.63) is 52.7 Å². The number of amides is 1. The van der Waals surface area contributed by atoms with Crippen LogP contribution in [0.1, 0.15) is 27.7 Å². The first-order valence-corrected chi connectivity index (χ1v) is 11.3. The van der Waals surface area contributed by atoms with Crippen LogP contribution in [0, 0.1) is 0 Å². The summed E-state index contributed by atoms with van der Waals surface area (Å²) in [6.45, 7) is 2.51. The summed E-state index contributed by atoms with van der Waals surface area (Å²) < 4.78 is 5.43. The van der Waals surface area contributed by atoms with Crippen molar-refractivity contribution in [3.63, 3.8) is 0 Å². The summed E-state index contributed by atoms with van der Waals surface area (Å²) in [5.41, 5.74) is 2.41. The van der Waals surface area contributed by atoms with E-state index in [1.807, 2.05) is 35.2 Å². The van der Waals surface area contributed by atoms with Gasteiger partial charge in [0.15, 0.2) is 0 Å². The van der Waals surface area contributed by atoms with E-state index in [1.54, 1.807) is 29.4 Å². The summed E-state index contributed by atoms with van der Waals surface area (Å²) in [7, 11) is 0. The number of hydrogen-bond donors (Lipinski definition) is 0. The van der Waals surface area contributed by atoms with Crippen LogP contribution in [0.5, 0.6) is 0 Å². The lowest BCUT2D eigenvalue weighted by Crippen LogP contribution is -2.42. The van der Waals surface area contributed by atoms with E-state index in [1.165, 1.54) is 22.2 Å². The summed E-state index contributed by atoms with van der Waals surface area (Å²) in [6, 6.07) is 10.0. The van der Waals surface area contributed by atoms with Gasteiger partial charge >= 0.3 is 0 Å². The molecule has 0 saturated carbocycles. The smallest absolute Gasteiger partial charge is 0.240 e. The number of nitrogens with zero attached hydrogens (tertiary/aromatic N) is 3. The molecule has 3 aromatic rings. The van der Waals surface area contributed by atoms with Gasteiger partial charge in [0.1, 0.15) is 21.4 Å². The van der Waals surface area contributed by atoms with Crippen LogP contribution in [0.3, 0.4) is 0 Å². The first-order valence-electron chi connectivity index (χ1n) is 9.64. The largest absolute Gasteiger partial charge is 0.378 e. The number of hydrogen-bond acceptors (Lipinski definition) is 6. The molecule has 144 valence electrons. The van der Waals surface area contributed by atoms with Crippen LogP contribution in [0.4, 0.5) is 0 Å². The predicted octanol–water partition coefficient (Wildman–Crippen LogP) is 3.87. The zero-order valence-electron chi connectivity index (χ0n) is 15.5. The molecule has 0 N–H and O–H groups in total. The van der Waals surface area contributed by atoms with Crippen LogP contribution < -0.4 is 0 Å². The van der Waals surface area contributed by atoms with E-state index in [-0.39, 0.29) is 11.2 Å². The number of aromatic nitrogens is 2. The van der Waals surface area contributed by atoms with Gasteiger partial charge in [-0.2, -0.15) is 0 Å². The van der Waals surface area contributed by atoms with Gasteiger partial charge < -0.3 is 9.64 Å². The van der Waals surface area contributed by atoms with Crippen molar-refractivity contribution in [3.8, 4) is 0 Å². The summed E-state index contributed by atoms with van der Waals surface area (Å²) in [6.07, 6.45) is 5.06. The minimum absolute atomic E-state index is 0.137. The molecule has 5 nitrogen and oxygen atoms in total. The third-order valence-electron chi connectivity index (χ3n) is 5.35. The minimum atomic E-state index is -0.311. The molecule has 3 heterocycles. The topological polar surface area (TPSA) is 55.3 Å². The number of thioether (sulfide) groups is 1. The number of rotatable bonds is 4. The Hall–Kier alpha value is -1.96. The second kappa shape index (κ2) is 7.81. The fourth-order valence-electron chi connectivity index (χ4n) is 3.94. The lowest BCUT2D eigenvalue weighted by Gasteiger charge is -2.30. The number of aryl methyl sites for hydroxylation is 2. The van der Waals surface area contributed by atoms with Crippen LogP contribution in [-0.2, 0) is 22.4 Å². The van der Waals surface area contributed by atoms with Gasteiger partial charge in [0.2, 0.25) is 5.91 Å². The molecule has 1 atom stereocenters. The highest BCUT2D eigenvalue weighted by Crippen LogP contribution is 2.44. The highest BCUT2D eigenvalue weighted by molar-refractivity contribution is 8.00. The van der Waals surface area contributed by atoms with Gasteiger partial charge in [0, 0.05) is 23.4 Å². The number of thiophene rings is 1. The summed E-state index contributed by atoms with van der Waals surface area (Å²) in [5, 5.41) is 1.79. The van der Waals surface area contributed by atoms with Crippen LogP contribution in [0.25, 0.3) is 10.2 Å². The number of fused-ring (bicyclic) bond motifs is 3. The predicted molar refractivity (Wildman–Crippen MR) is 112 cm³/mol. The minimum Gasteiger partial charge on any atom is -0.378 e. The average molecular weight is 412 g/mol. The quantitative estimate of drug-likeness (QED) is 0.482. The number of morpholine rings is 1. The number of carbonyl (C=O) groups is 1. The maximum Gasteiger partial charge on any atom is 0.240 e. The molecule has 1 aromatic carbocycles. The zero-order valence-corrected chi connectivity index (χ0v) is 17.1. The molecule has 2 aliphatic rings. The first-order chi connectivity index (χ1) is 13.8. The molecular weight excluding hydrogens is 390 g/mol. The van der Waals surface area contributed by atoms with Crippen molar-refractivity contribution in [1.29, 1.82) is 0 Å². The molecule has 1 saturated heterocycles. The Kier molecular flexibility index (Phi) is 5.05. The Balaban J connectivity index is 1.53. The lowest BCUT2D eigenvalue weighted by atomic mass is 10.1. The zero-order chi connectivity index (χ0) is 18.9. The number of carbonyl (C=O) groups excluding carboxylic acids is 1. The van der Waals surface area contributed by atoms with Crippen LogP contribution in [-0.4, -0.2) is 47.1 Å². The molecule has 0 unspecified atom stereocenters. The Morgan fingerprint density at radius 2 is 1.96 bits per heavy atom. The summed E-state index contributed by atoms with van der Waals surface area (Å²) in [5.74, 6) is 0.137. The molecule has 28 heavy (non-hydrogen) atoms. The SMILES string of the molecule is O=C([C@H](Sc1ncnc2sc3c(c12)CCC3)c1ccccc1)N1CCOCC1. The second-order valence-electron chi connectivity index (χ2n) is 7.06. The molecule has 1 aliphatic carbocycles. The van der Waals surface area contributed by atoms with Gasteiger partial charge in [-0.15, -0.1) is 11.3 Å². The van der Waals surface area contributed by atoms with Crippen molar-refractivity contribution in [2.24, 2.45) is 0 Å². The van der Waals surface area contributed by atoms with Crippen molar-refractivity contribution >= 4 is 39.2 Å². The van der Waals surface area contributed by atoms with E-state index in [0.717, 1.165) is 28.3 Å². The van der Waals surface area contributed by atoms with Gasteiger partial charge in [-0.05, 0) is 30.4 Å². The molecule has 1 amide bonds. The van der Waals surface area contributed by atoms with Gasteiger partial charge in [-0.3, -0.25) is 4.79 Å². The summed E-state index contributed by atoms with van der Waals surface area (Å²) in [4.78, 5) is 26.9. The van der Waals surface area contributed by atoms with Crippen molar-refractivity contribution in [2.75, 3.05) is 26.3 Å². The molecule has 7 heteroatoms. The van der Waals surface area contributed by atoms with Gasteiger partial charge in [-0.1, -0.05) is 42.1 Å². The van der Waals surface area contributed by atoms with Crippen molar-refractivity contribution in [2.45, 2.75) is 29.5 Å². The molecule has 1 aliphatic heterocycles. The molecule has 5 rings (SSSR count). The Bertz CT molecular complexity index is 1000. The third kappa shape index (κ3) is 3.32. The maximum absolute atomic E-state index is 13.4. The third-order valence-corrected chi connectivity index (χ3v) is 7.79. The Morgan fingerprint density at radius 3 is 2.79 bits per heavy atom. The summed E-state index contributed by atoms with van der Waals surface area (Å²) >= 11 is 3.35. The number of benzene rings is 1. The van der Waals surface area contributed by atoms with E-state index in [0.29, 0.717) is 26.3 Å². The highest BCUT2D eigenvalue weighted by atomic mass is 32.2. The van der Waals surface area contributed by atoms with Gasteiger partial charge in [0.05, 0.1) is 13.2 Å². The van der Waals surface area contributed by atoms with E-state index in [2.05, 4.69) is 9.97 Å². The molecule has 0 spiro atoms. The molecule has 0 bridgehead atoms. The average Bonchev–Trinajstić information content (AvgIpc) is 3.34. The monoisotopic (exact) mass is 411 g/mol. The number of ether oxygens (including phenoxy) is 1. The molecule has 0 radical (unpaired) electrons. The van der Waals surface area contributed by atoms with E-state index >= 15 is 0 Å². The fourth-order valence-corrected chi connectivity index (χ4v) is 6.44. The van der Waals surface area contributed by atoms with Crippen LogP contribution in [0.2, 0.25) is 0 Å². The second-order valence-corrected chi connectivity index (χ2v) is 9.24. The van der Waals surface area contributed by atoms with Crippen molar-refractivity contribution in [1.82, 2.24) is 14.9 Å². The normalized spacial score (nSPS) is 17.6. The van der Waals surface area contributed by atoms with Crippen LogP contribution in [0.15, 0.2) is 41.7 Å². The van der Waals surface area contributed by atoms with Gasteiger partial charge in [0.25, 0.3) is 0 Å². The fraction of sp³-hybridized carbons (Fsp3) is 0.381. The highest BCUT2D eigenvalue weighted by Gasteiger charge is 2.30. The standard InChI is InChI=1S/C21H21N3O2S2/c25-21(24-9-11-26-12-10-24)18(14-5-2-1-3-6-14)28-20-17-15-7-4-8-16(15)27-19(17)22-13-23-20/h1-3,5-6,13,18H,4,7-12H2/t18-/m1/s1. The molecular formula is C21H21N3O2S2. The molecule has 1 fully saturated rings. The Morgan fingerprint density at radius 1 is 1.14 bits per heavy atom. The molecule has 2 aromatic heterocycles. The van der Waals surface area contributed by atoms with Gasteiger partial charge in [-0.25, -0.2) is 9.97 Å². The lowest BCUT2D eigenvalue weighted by molar-refractivity contribution is -0.134. The maximum atomic E-state index is 13.4. The first kappa shape index (κ1) is 18.1. The van der Waals surface area contributed by atoms with E-state index in [9.17, 15) is 4.79 Å². The Labute approximate surface area is 172 Å². The van der Waals surface area contributed by atoms with Crippen molar-refractivity contribution < 1.29 is 9.53 Å². The van der Waals surface area contributed by atoms with E-state index in [4.69, 9.17) is 4.74 Å².